The highest BCUT2D eigenvalue weighted by molar-refractivity contribution is 6.30. The van der Waals surface area contributed by atoms with Crippen LogP contribution < -0.4 is 20.7 Å². The molecule has 140 valence electrons. The fraction of sp³-hybridized carbons (Fsp3) is 0.0476. The summed E-state index contributed by atoms with van der Waals surface area (Å²) < 4.78 is 5.83. The highest BCUT2D eigenvalue weighted by Crippen LogP contribution is 2.36. The van der Waals surface area contributed by atoms with Gasteiger partial charge in [-0.1, -0.05) is 35.9 Å². The Bertz CT molecular complexity index is 1050. The first kappa shape index (κ1) is 17.9. The van der Waals surface area contributed by atoms with Crippen LogP contribution in [-0.2, 0) is 6.54 Å². The maximum absolute atomic E-state index is 12.5. The van der Waals surface area contributed by atoms with Gasteiger partial charge in [0.2, 0.25) is 0 Å². The molecule has 0 spiro atoms. The van der Waals surface area contributed by atoms with Gasteiger partial charge in [-0.05, 0) is 48.0 Å². The zero-order valence-electron chi connectivity index (χ0n) is 14.7. The number of nitrogens with one attached hydrogen (secondary N) is 3. The van der Waals surface area contributed by atoms with Gasteiger partial charge in [-0.3, -0.25) is 4.79 Å². The molecule has 1 aliphatic rings. The molecule has 0 unspecified atom stereocenters. The lowest BCUT2D eigenvalue weighted by molar-refractivity contribution is 0.102. The lowest BCUT2D eigenvalue weighted by atomic mass is 10.1. The predicted octanol–water partition coefficient (Wildman–Crippen LogP) is 5.02. The normalized spacial score (nSPS) is 12.0. The van der Waals surface area contributed by atoms with Crippen LogP contribution in [0.15, 0.2) is 66.7 Å². The molecular weight excluding hydrogens is 378 g/mol. The van der Waals surface area contributed by atoms with E-state index in [9.17, 15) is 9.59 Å². The van der Waals surface area contributed by atoms with Crippen LogP contribution in [0.4, 0.5) is 16.2 Å². The molecule has 0 fully saturated rings. The molecule has 0 saturated carbocycles. The van der Waals surface area contributed by atoms with Gasteiger partial charge < -0.3 is 20.7 Å². The van der Waals surface area contributed by atoms with Crippen LogP contribution in [0.25, 0.3) is 0 Å². The van der Waals surface area contributed by atoms with E-state index in [0.717, 1.165) is 5.56 Å². The number of hydrogen-bond acceptors (Lipinski definition) is 3. The largest absolute Gasteiger partial charge is 0.454 e. The first-order valence-corrected chi connectivity index (χ1v) is 8.98. The Morgan fingerprint density at radius 1 is 1.00 bits per heavy atom. The number of hydrogen-bond donors (Lipinski definition) is 3. The van der Waals surface area contributed by atoms with Crippen molar-refractivity contribution in [1.29, 1.82) is 0 Å². The molecule has 0 atom stereocenters. The smallest absolute Gasteiger partial charge is 0.319 e. The number of carbonyl (C=O) groups is 2. The third-order valence-electron chi connectivity index (χ3n) is 4.20. The van der Waals surface area contributed by atoms with Crippen molar-refractivity contribution in [3.05, 3.63) is 82.9 Å². The van der Waals surface area contributed by atoms with Crippen LogP contribution in [0, 0.1) is 0 Å². The van der Waals surface area contributed by atoms with Crippen molar-refractivity contribution >= 4 is 34.9 Å². The Morgan fingerprint density at radius 2 is 1.79 bits per heavy atom. The van der Waals surface area contributed by atoms with E-state index >= 15 is 0 Å². The average Bonchev–Trinajstić information content (AvgIpc) is 2.83. The number of anilines is 2. The molecule has 3 N–H and O–H groups in total. The second-order valence-corrected chi connectivity index (χ2v) is 6.63. The van der Waals surface area contributed by atoms with E-state index in [-0.39, 0.29) is 11.9 Å². The van der Waals surface area contributed by atoms with Gasteiger partial charge in [0.15, 0.2) is 5.75 Å². The Labute approximate surface area is 166 Å². The summed E-state index contributed by atoms with van der Waals surface area (Å²) in [6.45, 7) is 0.354. The van der Waals surface area contributed by atoms with Crippen LogP contribution in [-0.4, -0.2) is 11.9 Å². The number of amides is 3. The number of urea groups is 1. The topological polar surface area (TPSA) is 79.5 Å². The summed E-state index contributed by atoms with van der Waals surface area (Å²) >= 11 is 5.85. The van der Waals surface area contributed by atoms with Gasteiger partial charge in [0.1, 0.15) is 5.75 Å². The molecule has 1 aliphatic heterocycles. The molecule has 3 aromatic carbocycles. The number of ether oxygens (including phenoxy) is 1. The summed E-state index contributed by atoms with van der Waals surface area (Å²) in [7, 11) is 0. The molecule has 4 rings (SSSR count). The number of benzene rings is 3. The van der Waals surface area contributed by atoms with Crippen LogP contribution >= 0.6 is 11.6 Å². The Hall–Kier alpha value is -3.51. The zero-order valence-corrected chi connectivity index (χ0v) is 15.4. The van der Waals surface area contributed by atoms with Crippen molar-refractivity contribution in [3.63, 3.8) is 0 Å². The van der Waals surface area contributed by atoms with E-state index in [0.29, 0.717) is 40.0 Å². The number of halogens is 1. The van der Waals surface area contributed by atoms with Crippen molar-refractivity contribution in [3.8, 4) is 11.5 Å². The molecule has 0 radical (unpaired) electrons. The van der Waals surface area contributed by atoms with Crippen molar-refractivity contribution in [1.82, 2.24) is 5.32 Å². The lowest BCUT2D eigenvalue weighted by Crippen LogP contribution is -2.28. The Kier molecular flexibility index (Phi) is 4.87. The second kappa shape index (κ2) is 7.62. The fourth-order valence-electron chi connectivity index (χ4n) is 2.80. The Balaban J connectivity index is 1.45. The average molecular weight is 394 g/mol. The van der Waals surface area contributed by atoms with Gasteiger partial charge in [-0.25, -0.2) is 4.79 Å². The first-order chi connectivity index (χ1) is 13.6. The van der Waals surface area contributed by atoms with Gasteiger partial charge in [0.05, 0.1) is 11.3 Å². The number of carbonyl (C=O) groups excluding carboxylic acids is 2. The van der Waals surface area contributed by atoms with Crippen molar-refractivity contribution < 1.29 is 14.3 Å². The summed E-state index contributed by atoms with van der Waals surface area (Å²) in [5.74, 6) is 0.691. The number of fused-ring (bicyclic) bond motifs is 2. The maximum Gasteiger partial charge on any atom is 0.319 e. The predicted molar refractivity (Wildman–Crippen MR) is 108 cm³/mol. The molecule has 3 amide bonds. The zero-order chi connectivity index (χ0) is 19.5. The minimum atomic E-state index is -0.381. The van der Waals surface area contributed by atoms with E-state index < -0.39 is 0 Å². The Morgan fingerprint density at radius 3 is 2.61 bits per heavy atom. The molecule has 28 heavy (non-hydrogen) atoms. The third-order valence-corrected chi connectivity index (χ3v) is 4.46. The molecule has 6 nitrogen and oxygen atoms in total. The van der Waals surface area contributed by atoms with E-state index in [1.807, 2.05) is 24.3 Å². The summed E-state index contributed by atoms with van der Waals surface area (Å²) in [5.41, 5.74) is 2.34. The quantitative estimate of drug-likeness (QED) is 0.584. The minimum Gasteiger partial charge on any atom is -0.454 e. The second-order valence-electron chi connectivity index (χ2n) is 6.20. The molecule has 3 aromatic rings. The van der Waals surface area contributed by atoms with E-state index in [2.05, 4.69) is 16.0 Å². The van der Waals surface area contributed by atoms with Crippen LogP contribution in [0.3, 0.4) is 0 Å². The van der Waals surface area contributed by atoms with Crippen molar-refractivity contribution in [2.75, 3.05) is 10.6 Å². The molecule has 0 aliphatic carbocycles. The number of para-hydroxylation sites is 2. The SMILES string of the molecule is O=C(NCc1ccc(Cl)cc1)Nc1ccc2c(c1)C(=O)Nc1ccccc1O2. The van der Waals surface area contributed by atoms with Crippen LogP contribution in [0.1, 0.15) is 15.9 Å². The summed E-state index contributed by atoms with van der Waals surface area (Å²) in [6.07, 6.45) is 0. The molecule has 1 heterocycles. The van der Waals surface area contributed by atoms with E-state index in [4.69, 9.17) is 16.3 Å². The van der Waals surface area contributed by atoms with Gasteiger partial charge in [0, 0.05) is 17.3 Å². The summed E-state index contributed by atoms with van der Waals surface area (Å²) in [4.78, 5) is 24.7. The highest BCUT2D eigenvalue weighted by Gasteiger charge is 2.21. The van der Waals surface area contributed by atoms with Crippen molar-refractivity contribution in [2.24, 2.45) is 0 Å². The minimum absolute atomic E-state index is 0.301. The molecule has 0 saturated heterocycles. The van der Waals surface area contributed by atoms with Gasteiger partial charge >= 0.3 is 6.03 Å². The molecule has 7 heteroatoms. The monoisotopic (exact) mass is 393 g/mol. The van der Waals surface area contributed by atoms with E-state index in [1.165, 1.54) is 0 Å². The summed E-state index contributed by atoms with van der Waals surface area (Å²) in [6, 6.07) is 18.9. The molecular formula is C21H16ClN3O3. The summed E-state index contributed by atoms with van der Waals surface area (Å²) in [5, 5.41) is 8.93. The third kappa shape index (κ3) is 3.92. The van der Waals surface area contributed by atoms with E-state index in [1.54, 1.807) is 42.5 Å². The molecule has 0 aromatic heterocycles. The van der Waals surface area contributed by atoms with Crippen LogP contribution in [0.2, 0.25) is 5.02 Å². The first-order valence-electron chi connectivity index (χ1n) is 8.60. The van der Waals surface area contributed by atoms with Gasteiger partial charge in [-0.2, -0.15) is 0 Å². The maximum atomic E-state index is 12.5. The van der Waals surface area contributed by atoms with Crippen molar-refractivity contribution in [2.45, 2.75) is 6.54 Å². The lowest BCUT2D eigenvalue weighted by Gasteiger charge is -2.11. The fourth-order valence-corrected chi connectivity index (χ4v) is 2.93. The van der Waals surface area contributed by atoms with Gasteiger partial charge in [-0.15, -0.1) is 0 Å². The van der Waals surface area contributed by atoms with Gasteiger partial charge in [0.25, 0.3) is 5.91 Å². The number of rotatable bonds is 3. The van der Waals surface area contributed by atoms with Crippen LogP contribution in [0.5, 0.6) is 11.5 Å². The highest BCUT2D eigenvalue weighted by atomic mass is 35.5. The standard InChI is InChI=1S/C21H16ClN3O3/c22-14-7-5-13(6-8-14)12-23-21(27)24-15-9-10-18-16(11-15)20(26)25-17-3-1-2-4-19(17)28-18/h1-11H,12H2,(H,25,26)(H2,23,24,27). The molecule has 0 bridgehead atoms.